The van der Waals surface area contributed by atoms with Crippen LogP contribution in [0.2, 0.25) is 0 Å². The fourth-order valence-electron chi connectivity index (χ4n) is 5.50. The van der Waals surface area contributed by atoms with Gasteiger partial charge in [-0.3, -0.25) is 0 Å². The Balaban J connectivity index is 1.54. The topological polar surface area (TPSA) is 116 Å². The van der Waals surface area contributed by atoms with Gasteiger partial charge in [-0.2, -0.15) is 0 Å². The van der Waals surface area contributed by atoms with Gasteiger partial charge in [0, 0.05) is 19.8 Å². The normalized spacial score (nSPS) is 21.9. The molecule has 0 radical (unpaired) electrons. The van der Waals surface area contributed by atoms with Crippen molar-refractivity contribution in [3.05, 3.63) is 95.6 Å². The summed E-state index contributed by atoms with van der Waals surface area (Å²) in [6.07, 6.45) is -1.66. The van der Waals surface area contributed by atoms with Crippen molar-refractivity contribution in [2.75, 3.05) is 40.6 Å². The molecule has 0 spiro atoms. The number of hydrogen-bond donors (Lipinski definition) is 3. The van der Waals surface area contributed by atoms with Gasteiger partial charge < -0.3 is 43.7 Å². The van der Waals surface area contributed by atoms with Crippen LogP contribution in [0.1, 0.15) is 55.7 Å². The van der Waals surface area contributed by atoms with Gasteiger partial charge in [-0.25, -0.2) is 0 Å². The van der Waals surface area contributed by atoms with Crippen LogP contribution in [0.4, 0.5) is 0 Å². The Morgan fingerprint density at radius 2 is 1.20 bits per heavy atom. The zero-order valence-corrected chi connectivity index (χ0v) is 26.5. The molecule has 1 saturated heterocycles. The highest BCUT2D eigenvalue weighted by atomic mass is 16.7. The number of hydrogen-bond acceptors (Lipinski definition) is 9. The van der Waals surface area contributed by atoms with E-state index in [2.05, 4.69) is 6.92 Å². The molecule has 9 nitrogen and oxygen atoms in total. The third-order valence-electron chi connectivity index (χ3n) is 8.16. The quantitative estimate of drug-likeness (QED) is 0.135. The molecule has 4 rings (SSSR count). The fourth-order valence-corrected chi connectivity index (χ4v) is 5.50. The van der Waals surface area contributed by atoms with Crippen molar-refractivity contribution >= 4 is 0 Å². The first-order valence-corrected chi connectivity index (χ1v) is 15.8. The van der Waals surface area contributed by atoms with E-state index in [-0.39, 0.29) is 6.61 Å². The second-order valence-electron chi connectivity index (χ2n) is 11.2. The minimum atomic E-state index is -1.47. The van der Waals surface area contributed by atoms with Crippen LogP contribution in [0.15, 0.2) is 78.9 Å². The molecule has 0 aromatic heterocycles. The van der Waals surface area contributed by atoms with E-state index in [9.17, 15) is 15.3 Å². The molecule has 1 aliphatic rings. The second-order valence-corrected chi connectivity index (χ2v) is 11.2. The van der Waals surface area contributed by atoms with E-state index in [0.29, 0.717) is 24.7 Å². The smallest absolute Gasteiger partial charge is 0.186 e. The molecule has 3 N–H and O–H groups in total. The van der Waals surface area contributed by atoms with Crippen molar-refractivity contribution in [3.8, 4) is 11.5 Å². The summed E-state index contributed by atoms with van der Waals surface area (Å²) in [6.45, 7) is 3.84. The van der Waals surface area contributed by atoms with Crippen molar-refractivity contribution < 1.29 is 43.7 Å². The first-order valence-electron chi connectivity index (χ1n) is 15.8. The van der Waals surface area contributed by atoms with E-state index in [1.807, 2.05) is 78.9 Å². The molecule has 0 saturated carbocycles. The lowest BCUT2D eigenvalue weighted by atomic mass is 9.80. The zero-order chi connectivity index (χ0) is 32.1. The molecule has 3 aromatic rings. The van der Waals surface area contributed by atoms with E-state index in [4.69, 9.17) is 28.4 Å². The Bertz CT molecular complexity index is 1190. The summed E-state index contributed by atoms with van der Waals surface area (Å²) < 4.78 is 35.2. The number of methoxy groups -OCH3 is 2. The molecule has 5 unspecified atom stereocenters. The first kappa shape index (κ1) is 34.8. The molecule has 1 heterocycles. The molecule has 3 aromatic carbocycles. The van der Waals surface area contributed by atoms with Crippen molar-refractivity contribution in [1.82, 2.24) is 0 Å². The average Bonchev–Trinajstić information content (AvgIpc) is 3.09. The zero-order valence-electron chi connectivity index (χ0n) is 26.5. The van der Waals surface area contributed by atoms with Gasteiger partial charge in [-0.05, 0) is 66.6 Å². The second kappa shape index (κ2) is 17.6. The van der Waals surface area contributed by atoms with E-state index in [1.54, 1.807) is 14.2 Å². The van der Waals surface area contributed by atoms with Gasteiger partial charge in [0.05, 0.1) is 20.8 Å². The van der Waals surface area contributed by atoms with Crippen LogP contribution in [-0.4, -0.2) is 86.7 Å². The number of aliphatic hydroxyl groups is 3. The lowest BCUT2D eigenvalue weighted by Gasteiger charge is -2.42. The molecular formula is C36H48O9. The van der Waals surface area contributed by atoms with Gasteiger partial charge in [0.2, 0.25) is 0 Å². The third kappa shape index (κ3) is 8.83. The third-order valence-corrected chi connectivity index (χ3v) is 8.16. The number of aliphatic hydroxyl groups excluding tert-OH is 3. The predicted molar refractivity (Wildman–Crippen MR) is 170 cm³/mol. The Kier molecular flexibility index (Phi) is 13.6. The van der Waals surface area contributed by atoms with Crippen molar-refractivity contribution in [1.29, 1.82) is 0 Å². The van der Waals surface area contributed by atoms with Crippen LogP contribution in [0.3, 0.4) is 0 Å². The number of benzene rings is 3. The first-order chi connectivity index (χ1) is 21.9. The Hall–Kier alpha value is -3.02. The lowest BCUT2D eigenvalue weighted by molar-refractivity contribution is -0.305. The Labute approximate surface area is 266 Å². The molecule has 45 heavy (non-hydrogen) atoms. The highest BCUT2D eigenvalue weighted by Crippen LogP contribution is 2.42. The van der Waals surface area contributed by atoms with Crippen LogP contribution in [-0.2, 0) is 24.5 Å². The lowest BCUT2D eigenvalue weighted by Crippen LogP contribution is -2.59. The van der Waals surface area contributed by atoms with Gasteiger partial charge in [0.15, 0.2) is 6.29 Å². The standard InChI is InChI=1S/C36H48O9/c1-4-5-22-42-23-10-7-11-24-43-35-34(39)33(38)32(37)31(45-35)25-44-36(26-12-8-6-9-13-26,27-14-18-29(40-2)19-15-27)28-16-20-30(41-3)21-17-28/h6,8-9,12-21,31-35,37-39H,4-5,7,10-11,22-25H2,1-3H3. The summed E-state index contributed by atoms with van der Waals surface area (Å²) >= 11 is 0. The van der Waals surface area contributed by atoms with Gasteiger partial charge >= 0.3 is 0 Å². The molecule has 1 aliphatic heterocycles. The summed E-state index contributed by atoms with van der Waals surface area (Å²) in [6, 6.07) is 25.0. The number of rotatable bonds is 18. The van der Waals surface area contributed by atoms with E-state index < -0.39 is 36.3 Å². The Morgan fingerprint density at radius 1 is 0.644 bits per heavy atom. The molecular weight excluding hydrogens is 576 g/mol. The monoisotopic (exact) mass is 624 g/mol. The molecule has 9 heteroatoms. The van der Waals surface area contributed by atoms with Crippen LogP contribution in [0.5, 0.6) is 11.5 Å². The van der Waals surface area contributed by atoms with E-state index in [0.717, 1.165) is 55.4 Å². The summed E-state index contributed by atoms with van der Waals surface area (Å²) in [4.78, 5) is 0. The fraction of sp³-hybridized carbons (Fsp3) is 0.500. The maximum absolute atomic E-state index is 11.0. The molecule has 1 fully saturated rings. The van der Waals surface area contributed by atoms with Crippen LogP contribution >= 0.6 is 0 Å². The summed E-state index contributed by atoms with van der Waals surface area (Å²) in [5.41, 5.74) is 1.34. The van der Waals surface area contributed by atoms with Crippen molar-refractivity contribution in [2.24, 2.45) is 0 Å². The average molecular weight is 625 g/mol. The number of ether oxygens (including phenoxy) is 6. The summed E-state index contributed by atoms with van der Waals surface area (Å²) in [7, 11) is 3.23. The number of unbranched alkanes of at least 4 members (excludes halogenated alkanes) is 3. The highest BCUT2D eigenvalue weighted by molar-refractivity contribution is 5.49. The van der Waals surface area contributed by atoms with Crippen LogP contribution in [0, 0.1) is 0 Å². The largest absolute Gasteiger partial charge is 0.497 e. The van der Waals surface area contributed by atoms with Gasteiger partial charge in [0.1, 0.15) is 41.5 Å². The molecule has 0 aliphatic carbocycles. The van der Waals surface area contributed by atoms with Gasteiger partial charge in [0.25, 0.3) is 0 Å². The summed E-state index contributed by atoms with van der Waals surface area (Å²) in [5, 5.41) is 32.4. The highest BCUT2D eigenvalue weighted by Gasteiger charge is 2.46. The molecule has 0 bridgehead atoms. The van der Waals surface area contributed by atoms with Crippen LogP contribution < -0.4 is 9.47 Å². The molecule has 0 amide bonds. The minimum absolute atomic E-state index is 0.118. The maximum Gasteiger partial charge on any atom is 0.186 e. The Morgan fingerprint density at radius 3 is 1.78 bits per heavy atom. The SMILES string of the molecule is CCCCOCCCCCOC1OC(COC(c2ccccc2)(c2ccc(OC)cc2)c2ccc(OC)cc2)C(O)C(O)C1O. The van der Waals surface area contributed by atoms with E-state index >= 15 is 0 Å². The van der Waals surface area contributed by atoms with Gasteiger partial charge in [-0.15, -0.1) is 0 Å². The van der Waals surface area contributed by atoms with Gasteiger partial charge in [-0.1, -0.05) is 67.9 Å². The van der Waals surface area contributed by atoms with Crippen molar-refractivity contribution in [2.45, 2.75) is 75.3 Å². The predicted octanol–water partition coefficient (Wildman–Crippen LogP) is 4.82. The van der Waals surface area contributed by atoms with E-state index in [1.165, 1.54) is 0 Å². The van der Waals surface area contributed by atoms with Crippen LogP contribution in [0.25, 0.3) is 0 Å². The molecule has 5 atom stereocenters. The van der Waals surface area contributed by atoms with Crippen molar-refractivity contribution in [3.63, 3.8) is 0 Å². The summed E-state index contributed by atoms with van der Waals surface area (Å²) in [5.74, 6) is 1.39. The minimum Gasteiger partial charge on any atom is -0.497 e. The molecule has 246 valence electrons. The maximum atomic E-state index is 11.0.